The molecule has 58 heavy (non-hydrogen) atoms. The molecule has 3 heterocycles. The number of nitrogens with zero attached hydrogens (tertiary/aromatic N) is 3. The van der Waals surface area contributed by atoms with Crippen LogP contribution < -0.4 is 20.8 Å². The Labute approximate surface area is 343 Å². The summed E-state index contributed by atoms with van der Waals surface area (Å²) in [6, 6.07) is 8.53. The maximum absolute atomic E-state index is 5.73. The topological polar surface area (TPSA) is 32.6 Å². The third-order valence-corrected chi connectivity index (χ3v) is 14.9. The largest absolute Gasteiger partial charge is 0.361 e. The van der Waals surface area contributed by atoms with Crippen molar-refractivity contribution in [3.63, 3.8) is 0 Å². The predicted octanol–water partition coefficient (Wildman–Crippen LogP) is 10.3. The Hall–Kier alpha value is -5.35. The van der Waals surface area contributed by atoms with Crippen molar-refractivity contribution in [1.29, 1.82) is 0 Å². The van der Waals surface area contributed by atoms with Crippen molar-refractivity contribution in [3.05, 3.63) is 170 Å². The molecule has 0 amide bonds. The fraction of sp³-hybridized carbons (Fsp3) is 0.352. The van der Waals surface area contributed by atoms with Crippen molar-refractivity contribution < 1.29 is 0 Å². The SMILES string of the molecule is C1=CCC(N2c3cc(C4=Cc5c(c6c(n5C5=NC(C7=C8C=CC=CC8CC=C7)C=C(C7=C8C=CCCC8CC=C7)N5)=CCCC=6)CC4)ccc3C3CCCCC32)C=C1. The van der Waals surface area contributed by atoms with Gasteiger partial charge < -0.3 is 10.2 Å². The highest BCUT2D eigenvalue weighted by atomic mass is 15.2. The van der Waals surface area contributed by atoms with Gasteiger partial charge in [-0.3, -0.25) is 4.57 Å². The quantitative estimate of drug-likeness (QED) is 0.337. The molecule has 2 aliphatic heterocycles. The molecule has 0 saturated heterocycles. The molecule has 1 fully saturated rings. The Bertz CT molecular complexity index is 2620. The van der Waals surface area contributed by atoms with Crippen molar-refractivity contribution >= 4 is 35.4 Å². The average molecular weight is 759 g/mol. The molecule has 1 aromatic heterocycles. The van der Waals surface area contributed by atoms with Crippen LogP contribution in [0.15, 0.2) is 142 Å². The Morgan fingerprint density at radius 3 is 2.62 bits per heavy atom. The number of allylic oxidation sites excluding steroid dienone is 14. The lowest BCUT2D eigenvalue weighted by Crippen LogP contribution is -2.44. The third kappa shape index (κ3) is 5.65. The summed E-state index contributed by atoms with van der Waals surface area (Å²) in [7, 11) is 0. The van der Waals surface area contributed by atoms with Crippen molar-refractivity contribution in [2.75, 3.05) is 4.90 Å². The van der Waals surface area contributed by atoms with Crippen LogP contribution in [0, 0.1) is 11.8 Å². The van der Waals surface area contributed by atoms with Gasteiger partial charge in [-0.1, -0.05) is 122 Å². The molecular weight excluding hydrogens is 705 g/mol. The average Bonchev–Trinajstić information content (AvgIpc) is 3.81. The van der Waals surface area contributed by atoms with Gasteiger partial charge in [0.2, 0.25) is 5.96 Å². The van der Waals surface area contributed by atoms with E-state index < -0.39 is 0 Å². The van der Waals surface area contributed by atoms with E-state index in [4.69, 9.17) is 4.99 Å². The van der Waals surface area contributed by atoms with E-state index in [0.717, 1.165) is 50.9 Å². The number of rotatable bonds is 4. The first-order chi connectivity index (χ1) is 28.8. The summed E-state index contributed by atoms with van der Waals surface area (Å²) in [5, 5.41) is 6.76. The normalized spacial score (nSPS) is 29.9. The number of benzene rings is 1. The van der Waals surface area contributed by atoms with Crippen molar-refractivity contribution in [1.82, 2.24) is 9.88 Å². The van der Waals surface area contributed by atoms with Crippen LogP contribution in [-0.2, 0) is 6.42 Å². The number of nitrogens with one attached hydrogen (secondary N) is 1. The molecule has 0 radical (unpaired) electrons. The summed E-state index contributed by atoms with van der Waals surface area (Å²) in [5.41, 5.74) is 15.4. The highest BCUT2D eigenvalue weighted by Crippen LogP contribution is 2.50. The second-order valence-electron chi connectivity index (χ2n) is 18.1. The Kier molecular flexibility index (Phi) is 8.48. The molecule has 4 heteroatoms. The molecule has 0 bridgehead atoms. The molecular formula is C54H54N4. The third-order valence-electron chi connectivity index (χ3n) is 14.9. The molecule has 12 rings (SSSR count). The minimum Gasteiger partial charge on any atom is -0.361 e. The standard InChI is InChI=1S/C54H54N4/c1-2-18-39(19-3-1)57-50-26-10-8-22-44(50)46-30-28-37(32-52(46)57)38-29-31-47-45-23-9-11-27-51(45)58(53(47)33-38)54-55-48(42-24-12-16-35-14-4-6-20-40(35)42)34-49(56-54)43-25-13-17-36-15-5-7-21-41(36)43/h1-4,6-7,12-14,18,20-21,23-25,27-28,30,32-36,39,44,48,50H,5,8-11,15-17,19,22,26,29,31H2,(H,55,56). The van der Waals surface area contributed by atoms with Gasteiger partial charge in [-0.05, 0) is 139 Å². The first-order valence-electron chi connectivity index (χ1n) is 22.6. The highest BCUT2D eigenvalue weighted by molar-refractivity contribution is 5.93. The molecule has 290 valence electrons. The summed E-state index contributed by atoms with van der Waals surface area (Å²) in [5.74, 6) is 2.60. The van der Waals surface area contributed by atoms with E-state index in [-0.39, 0.29) is 6.04 Å². The molecule has 1 aromatic carbocycles. The zero-order valence-electron chi connectivity index (χ0n) is 33.6. The fourth-order valence-corrected chi connectivity index (χ4v) is 12.2. The smallest absolute Gasteiger partial charge is 0.208 e. The Balaban J connectivity index is 1.00. The van der Waals surface area contributed by atoms with Crippen LogP contribution in [0.4, 0.5) is 5.69 Å². The number of fused-ring (bicyclic) bond motifs is 8. The van der Waals surface area contributed by atoms with Gasteiger partial charge in [0.25, 0.3) is 0 Å². The second kappa shape index (κ2) is 14.2. The summed E-state index contributed by atoms with van der Waals surface area (Å²) in [6.07, 6.45) is 57.9. The van der Waals surface area contributed by atoms with E-state index in [1.54, 1.807) is 5.56 Å². The van der Waals surface area contributed by atoms with Crippen molar-refractivity contribution in [2.24, 2.45) is 16.8 Å². The lowest BCUT2D eigenvalue weighted by molar-refractivity contribution is 0.376. The minimum atomic E-state index is -0.0888. The zero-order chi connectivity index (χ0) is 38.2. The van der Waals surface area contributed by atoms with Crippen LogP contribution in [0.2, 0.25) is 0 Å². The zero-order valence-corrected chi connectivity index (χ0v) is 33.6. The summed E-state index contributed by atoms with van der Waals surface area (Å²) >= 11 is 0. The molecule has 2 aromatic rings. The second-order valence-corrected chi connectivity index (χ2v) is 18.1. The molecule has 8 aliphatic carbocycles. The van der Waals surface area contributed by atoms with Gasteiger partial charge in [0.05, 0.1) is 23.1 Å². The van der Waals surface area contributed by atoms with E-state index >= 15 is 0 Å². The molecule has 0 spiro atoms. The summed E-state index contributed by atoms with van der Waals surface area (Å²) in [4.78, 5) is 8.56. The lowest BCUT2D eigenvalue weighted by Gasteiger charge is -2.38. The van der Waals surface area contributed by atoms with Crippen molar-refractivity contribution in [2.45, 2.75) is 108 Å². The predicted molar refractivity (Wildman–Crippen MR) is 242 cm³/mol. The maximum atomic E-state index is 5.73. The van der Waals surface area contributed by atoms with Gasteiger partial charge in [0, 0.05) is 34.8 Å². The van der Waals surface area contributed by atoms with E-state index in [1.807, 2.05) is 0 Å². The number of hydrogen-bond donors (Lipinski definition) is 1. The van der Waals surface area contributed by atoms with Gasteiger partial charge in [-0.2, -0.15) is 0 Å². The van der Waals surface area contributed by atoms with Gasteiger partial charge in [0.1, 0.15) is 0 Å². The maximum Gasteiger partial charge on any atom is 0.208 e. The van der Waals surface area contributed by atoms with Gasteiger partial charge in [0.15, 0.2) is 0 Å². The molecule has 6 unspecified atom stereocenters. The summed E-state index contributed by atoms with van der Waals surface area (Å²) in [6.45, 7) is 0. The minimum absolute atomic E-state index is 0.0888. The van der Waals surface area contributed by atoms with E-state index in [9.17, 15) is 0 Å². The van der Waals surface area contributed by atoms with Crippen LogP contribution >= 0.6 is 0 Å². The molecule has 4 nitrogen and oxygen atoms in total. The first kappa shape index (κ1) is 34.7. The van der Waals surface area contributed by atoms with Gasteiger partial charge >= 0.3 is 0 Å². The van der Waals surface area contributed by atoms with Crippen LogP contribution in [0.25, 0.3) is 23.8 Å². The summed E-state index contributed by atoms with van der Waals surface area (Å²) < 4.78 is 2.52. The first-order valence-corrected chi connectivity index (χ1v) is 22.6. The molecule has 6 atom stereocenters. The van der Waals surface area contributed by atoms with E-state index in [1.165, 1.54) is 105 Å². The number of hydrogen-bond acceptors (Lipinski definition) is 3. The highest BCUT2D eigenvalue weighted by Gasteiger charge is 2.42. The van der Waals surface area contributed by atoms with E-state index in [2.05, 4.69) is 142 Å². The lowest BCUT2D eigenvalue weighted by atomic mass is 9.79. The van der Waals surface area contributed by atoms with Crippen LogP contribution in [-0.4, -0.2) is 28.7 Å². The number of aromatic nitrogens is 1. The van der Waals surface area contributed by atoms with Crippen LogP contribution in [0.5, 0.6) is 0 Å². The van der Waals surface area contributed by atoms with Crippen molar-refractivity contribution in [3.8, 4) is 0 Å². The van der Waals surface area contributed by atoms with Gasteiger partial charge in [-0.15, -0.1) is 0 Å². The van der Waals surface area contributed by atoms with E-state index in [0.29, 0.717) is 29.8 Å². The van der Waals surface area contributed by atoms with Crippen LogP contribution in [0.3, 0.4) is 0 Å². The number of aliphatic imine (C=N–C) groups is 1. The Morgan fingerprint density at radius 2 is 1.66 bits per heavy atom. The monoisotopic (exact) mass is 758 g/mol. The van der Waals surface area contributed by atoms with Gasteiger partial charge in [-0.25, -0.2) is 4.99 Å². The fourth-order valence-electron chi connectivity index (χ4n) is 12.2. The molecule has 1 saturated carbocycles. The molecule has 1 N–H and O–H groups in total. The Morgan fingerprint density at radius 1 is 0.741 bits per heavy atom. The molecule has 10 aliphatic rings. The number of anilines is 1. The van der Waals surface area contributed by atoms with Crippen LogP contribution in [0.1, 0.15) is 105 Å².